The number of halogens is 1. The van der Waals surface area contributed by atoms with Crippen LogP contribution < -0.4 is 10.1 Å². The minimum absolute atomic E-state index is 0.346. The number of esters is 1. The van der Waals surface area contributed by atoms with E-state index in [1.54, 1.807) is 6.07 Å². The molecule has 0 bridgehead atoms. The quantitative estimate of drug-likeness (QED) is 0.543. The number of unbranched alkanes of at least 4 members (excludes halogenated alkanes) is 1. The van der Waals surface area contributed by atoms with Crippen LogP contribution >= 0.6 is 15.9 Å². The molecule has 2 aromatic rings. The first-order valence-corrected chi connectivity index (χ1v) is 8.29. The summed E-state index contributed by atoms with van der Waals surface area (Å²) in [6.45, 7) is 1.44. The lowest BCUT2D eigenvalue weighted by molar-refractivity contribution is 0.0601. The average Bonchev–Trinajstić information content (AvgIpc) is 2.59. The van der Waals surface area contributed by atoms with Gasteiger partial charge in [0.15, 0.2) is 0 Å². The Morgan fingerprint density at radius 3 is 2.65 bits per heavy atom. The number of ether oxygens (including phenoxy) is 2. The molecule has 0 radical (unpaired) electrons. The summed E-state index contributed by atoms with van der Waals surface area (Å²) in [5.74, 6) is 0.544. The Kier molecular flexibility index (Phi) is 6.94. The molecule has 0 heterocycles. The predicted octanol–water partition coefficient (Wildman–Crippen LogP) is 4.51. The molecule has 23 heavy (non-hydrogen) atoms. The zero-order valence-corrected chi connectivity index (χ0v) is 14.6. The van der Waals surface area contributed by atoms with Crippen molar-refractivity contribution in [2.45, 2.75) is 12.8 Å². The van der Waals surface area contributed by atoms with Gasteiger partial charge >= 0.3 is 5.97 Å². The first-order chi connectivity index (χ1) is 11.2. The van der Waals surface area contributed by atoms with E-state index in [0.717, 1.165) is 35.3 Å². The number of carbonyl (C=O) groups is 1. The second-order valence-corrected chi connectivity index (χ2v) is 5.89. The van der Waals surface area contributed by atoms with Gasteiger partial charge in [-0.05, 0) is 43.2 Å². The maximum absolute atomic E-state index is 11.8. The molecule has 0 aliphatic rings. The summed E-state index contributed by atoms with van der Waals surface area (Å²) >= 11 is 3.37. The Balaban J connectivity index is 1.75. The molecule has 0 saturated heterocycles. The SMILES string of the molecule is COC(=O)c1cc(Br)ccc1NCCCCOc1ccccc1. The van der Waals surface area contributed by atoms with E-state index < -0.39 is 0 Å². The summed E-state index contributed by atoms with van der Waals surface area (Å²) in [4.78, 5) is 11.8. The van der Waals surface area contributed by atoms with Crippen molar-refractivity contribution in [3.63, 3.8) is 0 Å². The van der Waals surface area contributed by atoms with Gasteiger partial charge in [-0.25, -0.2) is 4.79 Å². The van der Waals surface area contributed by atoms with E-state index in [0.29, 0.717) is 12.2 Å². The van der Waals surface area contributed by atoms with Crippen LogP contribution in [0.4, 0.5) is 5.69 Å². The number of carbonyl (C=O) groups excluding carboxylic acids is 1. The van der Waals surface area contributed by atoms with Crippen molar-refractivity contribution in [1.29, 1.82) is 0 Å². The second-order valence-electron chi connectivity index (χ2n) is 4.98. The number of benzene rings is 2. The molecule has 2 aromatic carbocycles. The van der Waals surface area contributed by atoms with Gasteiger partial charge in [-0.1, -0.05) is 34.1 Å². The van der Waals surface area contributed by atoms with Crippen molar-refractivity contribution in [1.82, 2.24) is 0 Å². The smallest absolute Gasteiger partial charge is 0.340 e. The van der Waals surface area contributed by atoms with Crippen LogP contribution in [0, 0.1) is 0 Å². The molecular formula is C18H20BrNO3. The molecule has 0 aliphatic carbocycles. The van der Waals surface area contributed by atoms with Gasteiger partial charge in [0.1, 0.15) is 5.75 Å². The lowest BCUT2D eigenvalue weighted by atomic mass is 10.1. The predicted molar refractivity (Wildman–Crippen MR) is 95.1 cm³/mol. The van der Waals surface area contributed by atoms with Crippen molar-refractivity contribution >= 4 is 27.6 Å². The first-order valence-electron chi connectivity index (χ1n) is 7.50. The van der Waals surface area contributed by atoms with E-state index in [4.69, 9.17) is 9.47 Å². The standard InChI is InChI=1S/C18H20BrNO3/c1-22-18(21)16-13-14(19)9-10-17(16)20-11-5-6-12-23-15-7-3-2-4-8-15/h2-4,7-10,13,20H,5-6,11-12H2,1H3. The minimum Gasteiger partial charge on any atom is -0.494 e. The zero-order valence-electron chi connectivity index (χ0n) is 13.0. The van der Waals surface area contributed by atoms with Gasteiger partial charge in [0.2, 0.25) is 0 Å². The van der Waals surface area contributed by atoms with Crippen LogP contribution in [0.25, 0.3) is 0 Å². The number of methoxy groups -OCH3 is 1. The minimum atomic E-state index is -0.346. The van der Waals surface area contributed by atoms with Gasteiger partial charge in [0, 0.05) is 16.7 Å². The third-order valence-corrected chi connectivity index (χ3v) is 3.78. The molecule has 1 N–H and O–H groups in total. The van der Waals surface area contributed by atoms with Crippen molar-refractivity contribution in [2.75, 3.05) is 25.6 Å². The number of para-hydroxylation sites is 1. The third kappa shape index (κ3) is 5.60. The fourth-order valence-corrected chi connectivity index (χ4v) is 2.47. The highest BCUT2D eigenvalue weighted by Gasteiger charge is 2.11. The van der Waals surface area contributed by atoms with E-state index in [1.165, 1.54) is 7.11 Å². The maximum Gasteiger partial charge on any atom is 0.340 e. The second kappa shape index (κ2) is 9.20. The van der Waals surface area contributed by atoms with Crippen LogP contribution in [0.3, 0.4) is 0 Å². The highest BCUT2D eigenvalue weighted by molar-refractivity contribution is 9.10. The molecule has 0 fully saturated rings. The molecule has 122 valence electrons. The van der Waals surface area contributed by atoms with E-state index >= 15 is 0 Å². The fourth-order valence-electron chi connectivity index (χ4n) is 2.11. The molecule has 2 rings (SSSR count). The molecule has 0 amide bonds. The Morgan fingerprint density at radius 1 is 1.13 bits per heavy atom. The lowest BCUT2D eigenvalue weighted by Crippen LogP contribution is -2.10. The number of rotatable bonds is 8. The van der Waals surface area contributed by atoms with Gasteiger partial charge in [0.25, 0.3) is 0 Å². The lowest BCUT2D eigenvalue weighted by Gasteiger charge is -2.11. The van der Waals surface area contributed by atoms with Crippen LogP contribution in [0.2, 0.25) is 0 Å². The summed E-state index contributed by atoms with van der Waals surface area (Å²) in [5, 5.41) is 3.28. The van der Waals surface area contributed by atoms with Gasteiger partial charge in [-0.2, -0.15) is 0 Å². The molecule has 0 atom stereocenters. The van der Waals surface area contributed by atoms with Crippen molar-refractivity contribution in [2.24, 2.45) is 0 Å². The summed E-state index contributed by atoms with van der Waals surface area (Å²) in [6.07, 6.45) is 1.88. The normalized spacial score (nSPS) is 10.2. The van der Waals surface area contributed by atoms with Crippen LogP contribution in [-0.4, -0.2) is 26.2 Å². The number of nitrogens with one attached hydrogen (secondary N) is 1. The van der Waals surface area contributed by atoms with Crippen molar-refractivity contribution in [3.05, 3.63) is 58.6 Å². The van der Waals surface area contributed by atoms with E-state index in [9.17, 15) is 4.79 Å². The van der Waals surface area contributed by atoms with Crippen molar-refractivity contribution < 1.29 is 14.3 Å². The molecule has 0 aromatic heterocycles. The summed E-state index contributed by atoms with van der Waals surface area (Å²) < 4.78 is 11.3. The zero-order chi connectivity index (χ0) is 16.5. The van der Waals surface area contributed by atoms with E-state index in [-0.39, 0.29) is 5.97 Å². The molecule has 5 heteroatoms. The van der Waals surface area contributed by atoms with Gasteiger partial charge in [-0.3, -0.25) is 0 Å². The molecule has 0 spiro atoms. The number of anilines is 1. The highest BCUT2D eigenvalue weighted by atomic mass is 79.9. The Labute approximate surface area is 144 Å². The molecule has 4 nitrogen and oxygen atoms in total. The summed E-state index contributed by atoms with van der Waals surface area (Å²) in [5.41, 5.74) is 1.31. The van der Waals surface area contributed by atoms with Gasteiger partial charge in [-0.15, -0.1) is 0 Å². The molecule has 0 aliphatic heterocycles. The van der Waals surface area contributed by atoms with Gasteiger partial charge < -0.3 is 14.8 Å². The first kappa shape index (κ1) is 17.3. The van der Waals surface area contributed by atoms with Crippen LogP contribution in [-0.2, 0) is 4.74 Å². The van der Waals surface area contributed by atoms with Crippen LogP contribution in [0.5, 0.6) is 5.75 Å². The highest BCUT2D eigenvalue weighted by Crippen LogP contribution is 2.22. The van der Waals surface area contributed by atoms with E-state index in [1.807, 2.05) is 42.5 Å². The maximum atomic E-state index is 11.8. The fraction of sp³-hybridized carbons (Fsp3) is 0.278. The number of hydrogen-bond donors (Lipinski definition) is 1. The average molecular weight is 378 g/mol. The molecule has 0 unspecified atom stereocenters. The topological polar surface area (TPSA) is 47.6 Å². The Bertz CT molecular complexity index is 631. The Hall–Kier alpha value is -2.01. The summed E-state index contributed by atoms with van der Waals surface area (Å²) in [7, 11) is 1.38. The third-order valence-electron chi connectivity index (χ3n) is 3.29. The van der Waals surface area contributed by atoms with Crippen LogP contribution in [0.15, 0.2) is 53.0 Å². The largest absolute Gasteiger partial charge is 0.494 e. The number of hydrogen-bond acceptors (Lipinski definition) is 4. The van der Waals surface area contributed by atoms with E-state index in [2.05, 4.69) is 21.2 Å². The van der Waals surface area contributed by atoms with Gasteiger partial charge in [0.05, 0.1) is 19.3 Å². The van der Waals surface area contributed by atoms with Crippen molar-refractivity contribution in [3.8, 4) is 5.75 Å². The molecular weight excluding hydrogens is 358 g/mol. The molecule has 0 saturated carbocycles. The summed E-state index contributed by atoms with van der Waals surface area (Å²) in [6, 6.07) is 15.3. The van der Waals surface area contributed by atoms with Crippen LogP contribution in [0.1, 0.15) is 23.2 Å². The Morgan fingerprint density at radius 2 is 1.91 bits per heavy atom. The monoisotopic (exact) mass is 377 g/mol.